The minimum Gasteiger partial charge on any atom is -0.388 e. The van der Waals surface area contributed by atoms with Gasteiger partial charge >= 0.3 is 0 Å². The number of rotatable bonds is 1. The third kappa shape index (κ3) is 2.36. The van der Waals surface area contributed by atoms with Crippen LogP contribution in [0.3, 0.4) is 0 Å². The lowest BCUT2D eigenvalue weighted by Crippen LogP contribution is -2.19. The SMILES string of the molecule is CC(C)(C)C(O)c1cc(Cl)cnc1N. The Bertz CT molecular complexity index is 333. The average molecular weight is 215 g/mol. The number of hydrogen-bond acceptors (Lipinski definition) is 3. The molecule has 78 valence electrons. The minimum absolute atomic E-state index is 0.277. The smallest absolute Gasteiger partial charge is 0.129 e. The molecule has 0 aliphatic carbocycles. The van der Waals surface area contributed by atoms with E-state index in [0.717, 1.165) is 0 Å². The van der Waals surface area contributed by atoms with E-state index in [4.69, 9.17) is 17.3 Å². The lowest BCUT2D eigenvalue weighted by atomic mass is 9.85. The van der Waals surface area contributed by atoms with Gasteiger partial charge in [-0.15, -0.1) is 0 Å². The molecular weight excluding hydrogens is 200 g/mol. The second-order valence-corrected chi connectivity index (χ2v) is 4.83. The predicted molar refractivity (Wildman–Crippen MR) is 58.1 cm³/mol. The maximum atomic E-state index is 9.98. The quantitative estimate of drug-likeness (QED) is 0.755. The Morgan fingerprint density at radius 2 is 2.07 bits per heavy atom. The van der Waals surface area contributed by atoms with Crippen molar-refractivity contribution in [3.63, 3.8) is 0 Å². The predicted octanol–water partition coefficient (Wildman–Crippen LogP) is 2.40. The van der Waals surface area contributed by atoms with Crippen molar-refractivity contribution in [3.8, 4) is 0 Å². The van der Waals surface area contributed by atoms with Gasteiger partial charge in [-0.05, 0) is 11.5 Å². The summed E-state index contributed by atoms with van der Waals surface area (Å²) in [7, 11) is 0. The van der Waals surface area contributed by atoms with E-state index in [1.54, 1.807) is 6.07 Å². The summed E-state index contributed by atoms with van der Waals surface area (Å²) in [5, 5.41) is 10.5. The second-order valence-electron chi connectivity index (χ2n) is 4.40. The maximum absolute atomic E-state index is 9.98. The molecule has 0 saturated carbocycles. The molecule has 1 aromatic rings. The molecular formula is C10H15ClN2O. The van der Waals surface area contributed by atoms with E-state index in [-0.39, 0.29) is 5.41 Å². The molecule has 0 bridgehead atoms. The summed E-state index contributed by atoms with van der Waals surface area (Å²) in [6, 6.07) is 1.65. The van der Waals surface area contributed by atoms with Crippen molar-refractivity contribution >= 4 is 17.4 Å². The highest BCUT2D eigenvalue weighted by molar-refractivity contribution is 6.30. The van der Waals surface area contributed by atoms with Crippen molar-refractivity contribution in [1.82, 2.24) is 4.98 Å². The number of hydrogen-bond donors (Lipinski definition) is 2. The standard InChI is InChI=1S/C10H15ClN2O/c1-10(2,3)8(14)7-4-6(11)5-13-9(7)12/h4-5,8,14H,1-3H3,(H2,12,13). The van der Waals surface area contributed by atoms with E-state index in [2.05, 4.69) is 4.98 Å². The van der Waals surface area contributed by atoms with Crippen LogP contribution in [0.15, 0.2) is 12.3 Å². The van der Waals surface area contributed by atoms with Crippen LogP contribution in [0.5, 0.6) is 0 Å². The molecule has 0 spiro atoms. The number of nitrogens with zero attached hydrogens (tertiary/aromatic N) is 1. The zero-order chi connectivity index (χ0) is 10.9. The molecule has 0 aliphatic heterocycles. The Labute approximate surface area is 88.9 Å². The van der Waals surface area contributed by atoms with Gasteiger partial charge in [-0.3, -0.25) is 0 Å². The number of aliphatic hydroxyl groups is 1. The fourth-order valence-electron chi connectivity index (χ4n) is 1.15. The van der Waals surface area contributed by atoms with Gasteiger partial charge in [0, 0.05) is 11.8 Å². The number of aliphatic hydroxyl groups excluding tert-OH is 1. The summed E-state index contributed by atoms with van der Waals surface area (Å²) >= 11 is 5.78. The van der Waals surface area contributed by atoms with Gasteiger partial charge in [0.05, 0.1) is 11.1 Å². The maximum Gasteiger partial charge on any atom is 0.129 e. The van der Waals surface area contributed by atoms with E-state index in [9.17, 15) is 5.11 Å². The molecule has 1 atom stereocenters. The average Bonchev–Trinajstić information content (AvgIpc) is 2.06. The van der Waals surface area contributed by atoms with Crippen molar-refractivity contribution in [1.29, 1.82) is 0 Å². The lowest BCUT2D eigenvalue weighted by Gasteiger charge is -2.26. The molecule has 0 aliphatic rings. The van der Waals surface area contributed by atoms with E-state index in [1.807, 2.05) is 20.8 Å². The molecule has 3 nitrogen and oxygen atoms in total. The molecule has 0 saturated heterocycles. The highest BCUT2D eigenvalue weighted by atomic mass is 35.5. The van der Waals surface area contributed by atoms with Crippen LogP contribution in [-0.4, -0.2) is 10.1 Å². The first-order valence-corrected chi connectivity index (χ1v) is 4.79. The summed E-state index contributed by atoms with van der Waals surface area (Å²) in [5.74, 6) is 0.330. The molecule has 1 heterocycles. The third-order valence-electron chi connectivity index (χ3n) is 2.03. The van der Waals surface area contributed by atoms with Crippen LogP contribution in [0.2, 0.25) is 5.02 Å². The molecule has 3 N–H and O–H groups in total. The van der Waals surface area contributed by atoms with E-state index in [0.29, 0.717) is 16.4 Å². The molecule has 1 aromatic heterocycles. The fraction of sp³-hybridized carbons (Fsp3) is 0.500. The summed E-state index contributed by atoms with van der Waals surface area (Å²) in [6.45, 7) is 5.79. The van der Waals surface area contributed by atoms with Crippen LogP contribution in [0.25, 0.3) is 0 Å². The lowest BCUT2D eigenvalue weighted by molar-refractivity contribution is 0.0631. The van der Waals surface area contributed by atoms with Crippen molar-refractivity contribution in [3.05, 3.63) is 22.8 Å². The highest BCUT2D eigenvalue weighted by Gasteiger charge is 2.26. The normalized spacial score (nSPS) is 14.1. The summed E-state index contributed by atoms with van der Waals surface area (Å²) in [4.78, 5) is 3.90. The fourth-order valence-corrected chi connectivity index (χ4v) is 1.32. The van der Waals surface area contributed by atoms with E-state index < -0.39 is 6.10 Å². The number of anilines is 1. The molecule has 1 unspecified atom stereocenters. The van der Waals surface area contributed by atoms with E-state index >= 15 is 0 Å². The Hall–Kier alpha value is -0.800. The van der Waals surface area contributed by atoms with Crippen LogP contribution in [-0.2, 0) is 0 Å². The number of pyridine rings is 1. The highest BCUT2D eigenvalue weighted by Crippen LogP contribution is 2.35. The zero-order valence-corrected chi connectivity index (χ0v) is 9.34. The van der Waals surface area contributed by atoms with Crippen LogP contribution in [0.4, 0.5) is 5.82 Å². The van der Waals surface area contributed by atoms with Gasteiger partial charge in [0.25, 0.3) is 0 Å². The first-order valence-electron chi connectivity index (χ1n) is 4.41. The molecule has 0 aromatic carbocycles. The van der Waals surface area contributed by atoms with Crippen molar-refractivity contribution in [2.24, 2.45) is 5.41 Å². The molecule has 0 fully saturated rings. The molecule has 0 radical (unpaired) electrons. The topological polar surface area (TPSA) is 59.1 Å². The van der Waals surface area contributed by atoms with Crippen molar-refractivity contribution in [2.75, 3.05) is 5.73 Å². The van der Waals surface area contributed by atoms with Crippen LogP contribution >= 0.6 is 11.6 Å². The second kappa shape index (κ2) is 3.75. The zero-order valence-electron chi connectivity index (χ0n) is 8.58. The number of nitrogens with two attached hydrogens (primary N) is 1. The van der Waals surface area contributed by atoms with Gasteiger partial charge in [-0.1, -0.05) is 32.4 Å². The van der Waals surface area contributed by atoms with Gasteiger partial charge in [0.2, 0.25) is 0 Å². The molecule has 14 heavy (non-hydrogen) atoms. The van der Waals surface area contributed by atoms with Crippen LogP contribution in [0, 0.1) is 5.41 Å². The Kier molecular flexibility index (Phi) is 3.02. The Morgan fingerprint density at radius 3 is 2.57 bits per heavy atom. The van der Waals surface area contributed by atoms with Gasteiger partial charge in [-0.2, -0.15) is 0 Å². The first kappa shape index (κ1) is 11.3. The van der Waals surface area contributed by atoms with Crippen LogP contribution in [0.1, 0.15) is 32.4 Å². The van der Waals surface area contributed by atoms with Crippen LogP contribution < -0.4 is 5.73 Å². The summed E-state index contributed by atoms with van der Waals surface area (Å²) in [5.41, 5.74) is 5.97. The Morgan fingerprint density at radius 1 is 1.50 bits per heavy atom. The molecule has 0 amide bonds. The summed E-state index contributed by atoms with van der Waals surface area (Å²) < 4.78 is 0. The minimum atomic E-state index is -0.659. The third-order valence-corrected chi connectivity index (χ3v) is 2.24. The largest absolute Gasteiger partial charge is 0.388 e. The first-order chi connectivity index (χ1) is 6.32. The van der Waals surface area contributed by atoms with Gasteiger partial charge in [0.15, 0.2) is 0 Å². The van der Waals surface area contributed by atoms with E-state index in [1.165, 1.54) is 6.20 Å². The van der Waals surface area contributed by atoms with Gasteiger partial charge in [0.1, 0.15) is 5.82 Å². The number of nitrogen functional groups attached to an aromatic ring is 1. The van der Waals surface area contributed by atoms with Gasteiger partial charge < -0.3 is 10.8 Å². The number of halogens is 1. The van der Waals surface area contributed by atoms with Crippen molar-refractivity contribution in [2.45, 2.75) is 26.9 Å². The number of aromatic nitrogens is 1. The monoisotopic (exact) mass is 214 g/mol. The van der Waals surface area contributed by atoms with Crippen molar-refractivity contribution < 1.29 is 5.11 Å². The molecule has 1 rings (SSSR count). The van der Waals surface area contributed by atoms with Gasteiger partial charge in [-0.25, -0.2) is 4.98 Å². The Balaban J connectivity index is 3.12. The summed E-state index contributed by atoms with van der Waals surface area (Å²) in [6.07, 6.45) is 0.809. The molecule has 4 heteroatoms.